The molecule has 0 amide bonds. The first kappa shape index (κ1) is 21.9. The molecule has 3 rings (SSSR count). The van der Waals surface area contributed by atoms with Gasteiger partial charge in [0, 0.05) is 12.1 Å². The second kappa shape index (κ2) is 11.4. The zero-order chi connectivity index (χ0) is 21.9. The third-order valence-electron chi connectivity index (χ3n) is 4.68. The Morgan fingerprint density at radius 3 is 2.26 bits per heavy atom. The predicted octanol–water partition coefficient (Wildman–Crippen LogP) is 5.84. The lowest BCUT2D eigenvalue weighted by Crippen LogP contribution is -2.30. The second-order valence-corrected chi connectivity index (χ2v) is 7.01. The fourth-order valence-electron chi connectivity index (χ4n) is 2.96. The van der Waals surface area contributed by atoms with Gasteiger partial charge in [-0.1, -0.05) is 6.58 Å². The smallest absolute Gasteiger partial charge is 0.269 e. The highest BCUT2D eigenvalue weighted by Crippen LogP contribution is 2.23. The summed E-state index contributed by atoms with van der Waals surface area (Å²) in [5, 5.41) is 18.9. The maximum Gasteiger partial charge on any atom is 0.269 e. The number of rotatable bonds is 12. The van der Waals surface area contributed by atoms with E-state index < -0.39 is 4.92 Å². The molecule has 0 N–H and O–H groups in total. The molecule has 0 spiro atoms. The summed E-state index contributed by atoms with van der Waals surface area (Å²) in [4.78, 5) is 10.2. The maximum absolute atomic E-state index is 10.7. The van der Waals surface area contributed by atoms with E-state index in [0.29, 0.717) is 18.0 Å². The Labute approximate surface area is 181 Å². The van der Waals surface area contributed by atoms with Crippen LogP contribution in [0.4, 0.5) is 17.1 Å². The molecule has 160 valence electrons. The van der Waals surface area contributed by atoms with Gasteiger partial charge in [-0.05, 0) is 62.1 Å². The van der Waals surface area contributed by atoms with Crippen LogP contribution in [-0.4, -0.2) is 16.1 Å². The van der Waals surface area contributed by atoms with E-state index >= 15 is 0 Å². The minimum Gasteiger partial charge on any atom is -0.494 e. The van der Waals surface area contributed by atoms with Crippen LogP contribution in [0.3, 0.4) is 0 Å². The summed E-state index contributed by atoms with van der Waals surface area (Å²) in [5.41, 5.74) is 1.28. The van der Waals surface area contributed by atoms with Crippen molar-refractivity contribution in [1.82, 2.24) is 4.57 Å². The van der Waals surface area contributed by atoms with Crippen molar-refractivity contribution in [2.45, 2.75) is 32.2 Å². The number of nitrogens with zero attached hydrogens (tertiary/aromatic N) is 5. The number of benzene rings is 2. The fraction of sp³-hybridized carbons (Fsp3) is 0.261. The summed E-state index contributed by atoms with van der Waals surface area (Å²) < 4.78 is 9.89. The van der Waals surface area contributed by atoms with Crippen molar-refractivity contribution in [3.8, 4) is 5.75 Å². The van der Waals surface area contributed by atoms with Crippen LogP contribution in [0.15, 0.2) is 84.1 Å². The van der Waals surface area contributed by atoms with Crippen LogP contribution in [0.25, 0.3) is 6.20 Å². The molecule has 3 aromatic rings. The lowest BCUT2D eigenvalue weighted by molar-refractivity contribution is -0.696. The molecule has 1 heterocycles. The summed E-state index contributed by atoms with van der Waals surface area (Å²) in [7, 11) is 0. The molecule has 1 aromatic heterocycles. The number of non-ortho nitro benzene ring substituents is 1. The van der Waals surface area contributed by atoms with Gasteiger partial charge in [0.1, 0.15) is 18.1 Å². The van der Waals surface area contributed by atoms with Crippen molar-refractivity contribution < 1.29 is 14.2 Å². The van der Waals surface area contributed by atoms with Crippen LogP contribution in [0.5, 0.6) is 5.75 Å². The number of hydrogen-bond donors (Lipinski definition) is 0. The summed E-state index contributed by atoms with van der Waals surface area (Å²) in [6.45, 7) is 5.44. The molecule has 0 saturated carbocycles. The van der Waals surface area contributed by atoms with Gasteiger partial charge in [0.15, 0.2) is 0 Å². The Morgan fingerprint density at radius 2 is 1.65 bits per heavy atom. The first-order valence-electron chi connectivity index (χ1n) is 10.2. The minimum absolute atomic E-state index is 0.0301. The molecular weight excluding hydrogens is 394 g/mol. The molecule has 0 unspecified atom stereocenters. The van der Waals surface area contributed by atoms with Gasteiger partial charge < -0.3 is 4.74 Å². The van der Waals surface area contributed by atoms with Crippen molar-refractivity contribution in [2.75, 3.05) is 6.61 Å². The Hall–Kier alpha value is -3.81. The van der Waals surface area contributed by atoms with E-state index in [4.69, 9.17) is 4.74 Å². The Morgan fingerprint density at radius 1 is 1.00 bits per heavy atom. The van der Waals surface area contributed by atoms with Gasteiger partial charge in [-0.25, -0.2) is 9.13 Å². The van der Waals surface area contributed by atoms with Crippen molar-refractivity contribution in [2.24, 2.45) is 10.2 Å². The van der Waals surface area contributed by atoms with Gasteiger partial charge in [-0.2, -0.15) is 10.2 Å². The average Bonchev–Trinajstić information content (AvgIpc) is 3.26. The number of unbranched alkanes of at least 4 members (excludes halogenated alkanes) is 3. The number of ether oxygens (including phenoxy) is 1. The zero-order valence-electron chi connectivity index (χ0n) is 17.3. The molecule has 0 aliphatic heterocycles. The van der Waals surface area contributed by atoms with Crippen molar-refractivity contribution in [3.05, 3.63) is 83.9 Å². The van der Waals surface area contributed by atoms with Crippen molar-refractivity contribution >= 4 is 23.3 Å². The first-order valence-corrected chi connectivity index (χ1v) is 10.2. The molecule has 0 aliphatic rings. The van der Waals surface area contributed by atoms with Gasteiger partial charge >= 0.3 is 0 Å². The van der Waals surface area contributed by atoms with E-state index in [1.807, 2.05) is 41.4 Å². The fourth-order valence-corrected chi connectivity index (χ4v) is 2.96. The molecule has 8 nitrogen and oxygen atoms in total. The average molecular weight is 420 g/mol. The third kappa shape index (κ3) is 7.18. The van der Waals surface area contributed by atoms with Gasteiger partial charge in [0.05, 0.1) is 35.6 Å². The van der Waals surface area contributed by atoms with E-state index in [2.05, 4.69) is 27.6 Å². The Balaban J connectivity index is 1.32. The quantitative estimate of drug-likeness (QED) is 0.121. The van der Waals surface area contributed by atoms with Gasteiger partial charge in [-0.15, -0.1) is 0 Å². The van der Waals surface area contributed by atoms with E-state index in [1.54, 1.807) is 18.3 Å². The summed E-state index contributed by atoms with van der Waals surface area (Å²) in [6, 6.07) is 13.3. The number of nitro groups is 1. The van der Waals surface area contributed by atoms with Gasteiger partial charge in [0.25, 0.3) is 5.69 Å². The third-order valence-corrected chi connectivity index (χ3v) is 4.68. The maximum atomic E-state index is 10.7. The van der Waals surface area contributed by atoms with Crippen LogP contribution in [0, 0.1) is 10.1 Å². The highest BCUT2D eigenvalue weighted by molar-refractivity contribution is 5.45. The largest absolute Gasteiger partial charge is 0.494 e. The standard InChI is InChI=1S/C23H26N5O3/c1-2-26-16-17-27(19-26)15-5-3-4-6-18-31-23-13-9-21(10-14-23)25-24-20-7-11-22(12-8-20)28(29)30/h2,7-14,16-17,19H,1,3-6,15,18H2/q+1. The van der Waals surface area contributed by atoms with E-state index in [1.165, 1.54) is 12.1 Å². The van der Waals surface area contributed by atoms with E-state index in [-0.39, 0.29) is 5.69 Å². The molecule has 0 fully saturated rings. The number of aromatic nitrogens is 2. The molecule has 0 bridgehead atoms. The van der Waals surface area contributed by atoms with Gasteiger partial charge in [-0.3, -0.25) is 10.1 Å². The van der Waals surface area contributed by atoms with Crippen LogP contribution in [-0.2, 0) is 6.54 Å². The number of imidazole rings is 1. The molecule has 8 heteroatoms. The van der Waals surface area contributed by atoms with E-state index in [0.717, 1.165) is 38.0 Å². The number of azo groups is 1. The highest BCUT2D eigenvalue weighted by atomic mass is 16.6. The van der Waals surface area contributed by atoms with Crippen LogP contribution in [0.2, 0.25) is 0 Å². The summed E-state index contributed by atoms with van der Waals surface area (Å²) in [6.07, 6.45) is 12.3. The van der Waals surface area contributed by atoms with Crippen molar-refractivity contribution in [3.63, 3.8) is 0 Å². The number of hydrogen-bond acceptors (Lipinski definition) is 5. The number of aryl methyl sites for hydroxylation is 1. The number of nitro benzene ring substituents is 1. The molecule has 31 heavy (non-hydrogen) atoms. The second-order valence-electron chi connectivity index (χ2n) is 7.01. The normalized spacial score (nSPS) is 11.0. The zero-order valence-corrected chi connectivity index (χ0v) is 17.3. The molecule has 0 saturated heterocycles. The van der Waals surface area contributed by atoms with Crippen LogP contribution in [0.1, 0.15) is 25.7 Å². The summed E-state index contributed by atoms with van der Waals surface area (Å²) in [5.74, 6) is 0.801. The van der Waals surface area contributed by atoms with E-state index in [9.17, 15) is 10.1 Å². The van der Waals surface area contributed by atoms with Gasteiger partial charge in [0.2, 0.25) is 6.33 Å². The summed E-state index contributed by atoms with van der Waals surface area (Å²) >= 11 is 0. The molecule has 0 atom stereocenters. The molecule has 2 aromatic carbocycles. The minimum atomic E-state index is -0.443. The van der Waals surface area contributed by atoms with Crippen molar-refractivity contribution in [1.29, 1.82) is 0 Å². The molecule has 0 aliphatic carbocycles. The molecule has 0 radical (unpaired) electrons. The lowest BCUT2D eigenvalue weighted by atomic mass is 10.2. The topological polar surface area (TPSA) is 85.9 Å². The Bertz CT molecular complexity index is 1010. The monoisotopic (exact) mass is 420 g/mol. The lowest BCUT2D eigenvalue weighted by Gasteiger charge is -2.06. The highest BCUT2D eigenvalue weighted by Gasteiger charge is 2.03. The predicted molar refractivity (Wildman–Crippen MR) is 119 cm³/mol. The van der Waals surface area contributed by atoms with Crippen LogP contribution >= 0.6 is 0 Å². The Kier molecular flexibility index (Phi) is 8.05. The first-order chi connectivity index (χ1) is 15.1. The SMILES string of the molecule is C=Cn1cc[n+](CCCCCCOc2ccc(N=Nc3ccc([N+](=O)[O-])cc3)cc2)c1. The van der Waals surface area contributed by atoms with Crippen LogP contribution < -0.4 is 9.30 Å². The molecular formula is C23H26N5O3+.